The Morgan fingerprint density at radius 2 is 1.64 bits per heavy atom. The lowest BCUT2D eigenvalue weighted by Crippen LogP contribution is -2.54. The van der Waals surface area contributed by atoms with Crippen LogP contribution in [0.15, 0.2) is 83.3 Å². The van der Waals surface area contributed by atoms with E-state index in [9.17, 15) is 22.4 Å². The molecule has 39 heavy (non-hydrogen) atoms. The number of anilines is 1. The number of carbonyl (C=O) groups is 2. The van der Waals surface area contributed by atoms with Crippen LogP contribution in [0.5, 0.6) is 0 Å². The van der Waals surface area contributed by atoms with Crippen molar-refractivity contribution >= 4 is 43.5 Å². The van der Waals surface area contributed by atoms with Crippen molar-refractivity contribution in [1.82, 2.24) is 10.2 Å². The summed E-state index contributed by atoms with van der Waals surface area (Å²) in [5.74, 6) is -1.56. The zero-order valence-corrected chi connectivity index (χ0v) is 24.6. The molecular weight excluding hydrogens is 585 g/mol. The summed E-state index contributed by atoms with van der Waals surface area (Å²) in [6.07, 6.45) is 1.88. The fraction of sp³-hybridized carbons (Fsp3) is 0.310. The first-order valence-corrected chi connectivity index (χ1v) is 15.2. The topological polar surface area (TPSA) is 86.8 Å². The maximum atomic E-state index is 14.0. The number of carbonyl (C=O) groups excluding carboxylic acids is 2. The molecule has 0 saturated heterocycles. The molecule has 0 heterocycles. The number of halogens is 2. The van der Waals surface area contributed by atoms with Gasteiger partial charge in [0.05, 0.1) is 11.9 Å². The number of nitrogens with one attached hydrogen (secondary N) is 1. The highest BCUT2D eigenvalue weighted by molar-refractivity contribution is 9.10. The molecule has 3 rings (SSSR count). The number of rotatable bonds is 12. The fourth-order valence-corrected chi connectivity index (χ4v) is 5.36. The van der Waals surface area contributed by atoms with Gasteiger partial charge < -0.3 is 10.2 Å². The van der Waals surface area contributed by atoms with Gasteiger partial charge in [-0.2, -0.15) is 0 Å². The molecular formula is C29H33BrFN3O4S. The van der Waals surface area contributed by atoms with E-state index in [4.69, 9.17) is 0 Å². The third kappa shape index (κ3) is 8.90. The van der Waals surface area contributed by atoms with Crippen LogP contribution in [-0.2, 0) is 32.6 Å². The Kier molecular flexibility index (Phi) is 10.7. The highest BCUT2D eigenvalue weighted by atomic mass is 79.9. The number of sulfonamides is 1. The lowest BCUT2D eigenvalue weighted by Gasteiger charge is -2.34. The normalized spacial score (nSPS) is 12.8. The number of amides is 2. The molecule has 0 radical (unpaired) electrons. The van der Waals surface area contributed by atoms with Crippen molar-refractivity contribution in [2.45, 2.75) is 45.3 Å². The molecule has 3 aromatic carbocycles. The van der Waals surface area contributed by atoms with Gasteiger partial charge in [-0.3, -0.25) is 13.9 Å². The smallest absolute Gasteiger partial charge is 0.244 e. The average molecular weight is 619 g/mol. The molecule has 10 heteroatoms. The maximum absolute atomic E-state index is 14.0. The molecule has 0 bridgehead atoms. The average Bonchev–Trinajstić information content (AvgIpc) is 2.89. The zero-order chi connectivity index (χ0) is 28.6. The van der Waals surface area contributed by atoms with Gasteiger partial charge in [0, 0.05) is 23.5 Å². The molecule has 0 aliphatic heterocycles. The van der Waals surface area contributed by atoms with Gasteiger partial charge in [-0.25, -0.2) is 12.8 Å². The molecule has 1 N–H and O–H groups in total. The molecule has 0 aliphatic carbocycles. The van der Waals surface area contributed by atoms with Crippen LogP contribution in [0.3, 0.4) is 0 Å². The Balaban J connectivity index is 2.06. The standard InChI is InChI=1S/C29H33BrFN3O4S/c1-4-21(2)32-29(36)27(17-22-10-6-5-7-11-22)33(19-23-12-8-13-24(30)16-23)28(35)20-34(39(3,37)38)26-15-9-14-25(31)18-26/h5-16,18,21,27H,4,17,19-20H2,1-3H3,(H,32,36). The van der Waals surface area contributed by atoms with E-state index in [0.717, 1.165) is 32.2 Å². The van der Waals surface area contributed by atoms with E-state index >= 15 is 0 Å². The summed E-state index contributed by atoms with van der Waals surface area (Å²) in [6.45, 7) is 3.29. The van der Waals surface area contributed by atoms with Crippen LogP contribution < -0.4 is 9.62 Å². The SMILES string of the molecule is CCC(C)NC(=O)C(Cc1ccccc1)N(Cc1cccc(Br)c1)C(=O)CN(c1cccc(F)c1)S(C)(=O)=O. The predicted molar refractivity (Wildman–Crippen MR) is 155 cm³/mol. The van der Waals surface area contributed by atoms with Crippen molar-refractivity contribution in [3.63, 3.8) is 0 Å². The van der Waals surface area contributed by atoms with Gasteiger partial charge in [0.2, 0.25) is 21.8 Å². The van der Waals surface area contributed by atoms with Gasteiger partial charge in [0.25, 0.3) is 0 Å². The third-order valence-corrected chi connectivity index (χ3v) is 7.92. The van der Waals surface area contributed by atoms with E-state index in [1.54, 1.807) is 0 Å². The second kappa shape index (κ2) is 13.7. The number of hydrogen-bond acceptors (Lipinski definition) is 4. The monoisotopic (exact) mass is 617 g/mol. The van der Waals surface area contributed by atoms with Crippen LogP contribution in [-0.4, -0.2) is 50.0 Å². The second-order valence-corrected chi connectivity index (χ2v) is 12.2. The zero-order valence-electron chi connectivity index (χ0n) is 22.2. The molecule has 0 saturated carbocycles. The van der Waals surface area contributed by atoms with E-state index in [-0.39, 0.29) is 30.6 Å². The van der Waals surface area contributed by atoms with Gasteiger partial charge in [0.1, 0.15) is 18.4 Å². The minimum atomic E-state index is -3.96. The Morgan fingerprint density at radius 1 is 0.974 bits per heavy atom. The van der Waals surface area contributed by atoms with Crippen molar-refractivity contribution in [3.8, 4) is 0 Å². The van der Waals surface area contributed by atoms with Gasteiger partial charge in [-0.1, -0.05) is 71.4 Å². The Bertz CT molecular complexity index is 1390. The second-order valence-electron chi connectivity index (χ2n) is 9.42. The minimum Gasteiger partial charge on any atom is -0.352 e. The van der Waals surface area contributed by atoms with Crippen LogP contribution in [0.2, 0.25) is 0 Å². The number of hydrogen-bond donors (Lipinski definition) is 1. The van der Waals surface area contributed by atoms with E-state index in [1.807, 2.05) is 68.4 Å². The summed E-state index contributed by atoms with van der Waals surface area (Å²) in [7, 11) is -3.96. The first-order valence-electron chi connectivity index (χ1n) is 12.6. The molecule has 2 unspecified atom stereocenters. The van der Waals surface area contributed by atoms with Crippen LogP contribution in [0.25, 0.3) is 0 Å². The lowest BCUT2D eigenvalue weighted by molar-refractivity contribution is -0.140. The van der Waals surface area contributed by atoms with Crippen molar-refractivity contribution in [1.29, 1.82) is 0 Å². The quantitative estimate of drug-likeness (QED) is 0.313. The number of nitrogens with zero attached hydrogens (tertiary/aromatic N) is 2. The lowest BCUT2D eigenvalue weighted by atomic mass is 10.0. The molecule has 0 spiro atoms. The molecule has 2 amide bonds. The van der Waals surface area contributed by atoms with Crippen molar-refractivity contribution in [2.24, 2.45) is 0 Å². The Morgan fingerprint density at radius 3 is 2.26 bits per heavy atom. The fourth-order valence-electron chi connectivity index (χ4n) is 4.07. The maximum Gasteiger partial charge on any atom is 0.244 e. The van der Waals surface area contributed by atoms with Gasteiger partial charge in [-0.05, 0) is 54.8 Å². The molecule has 0 aliphatic rings. The van der Waals surface area contributed by atoms with Gasteiger partial charge in [0.15, 0.2) is 0 Å². The first kappa shape index (κ1) is 30.3. The summed E-state index contributed by atoms with van der Waals surface area (Å²) in [4.78, 5) is 29.0. The molecule has 0 fully saturated rings. The molecule has 0 aromatic heterocycles. The Labute approximate surface area is 238 Å². The molecule has 2 atom stereocenters. The minimum absolute atomic E-state index is 0.0249. The van der Waals surface area contributed by atoms with Crippen LogP contribution in [0.1, 0.15) is 31.4 Å². The third-order valence-electron chi connectivity index (χ3n) is 6.29. The summed E-state index contributed by atoms with van der Waals surface area (Å²) in [6, 6.07) is 20.7. The van der Waals surface area contributed by atoms with Crippen LogP contribution >= 0.6 is 15.9 Å². The summed E-state index contributed by atoms with van der Waals surface area (Å²) >= 11 is 3.45. The van der Waals surface area contributed by atoms with Crippen molar-refractivity contribution < 1.29 is 22.4 Å². The van der Waals surface area contributed by atoms with E-state index < -0.39 is 34.3 Å². The summed E-state index contributed by atoms with van der Waals surface area (Å²) in [5, 5.41) is 2.98. The summed E-state index contributed by atoms with van der Waals surface area (Å²) < 4.78 is 41.1. The molecule has 208 valence electrons. The van der Waals surface area contributed by atoms with E-state index in [1.165, 1.54) is 23.1 Å². The largest absolute Gasteiger partial charge is 0.352 e. The Hall–Kier alpha value is -3.24. The van der Waals surface area contributed by atoms with Crippen molar-refractivity contribution in [2.75, 3.05) is 17.1 Å². The highest BCUT2D eigenvalue weighted by Gasteiger charge is 2.33. The summed E-state index contributed by atoms with van der Waals surface area (Å²) in [5.41, 5.74) is 1.62. The number of benzene rings is 3. The molecule has 3 aromatic rings. The van der Waals surface area contributed by atoms with E-state index in [2.05, 4.69) is 21.2 Å². The van der Waals surface area contributed by atoms with Crippen molar-refractivity contribution in [3.05, 3.63) is 100 Å². The van der Waals surface area contributed by atoms with Crippen LogP contribution in [0, 0.1) is 5.82 Å². The van der Waals surface area contributed by atoms with Gasteiger partial charge in [-0.15, -0.1) is 0 Å². The highest BCUT2D eigenvalue weighted by Crippen LogP contribution is 2.22. The predicted octanol–water partition coefficient (Wildman–Crippen LogP) is 4.91. The van der Waals surface area contributed by atoms with Gasteiger partial charge >= 0.3 is 0 Å². The van der Waals surface area contributed by atoms with Crippen LogP contribution in [0.4, 0.5) is 10.1 Å². The van der Waals surface area contributed by atoms with E-state index in [0.29, 0.717) is 6.42 Å². The first-order chi connectivity index (χ1) is 18.5. The molecule has 7 nitrogen and oxygen atoms in total.